The number of carbonyl (C=O) groups excluding carboxylic acids is 2. The van der Waals surface area contributed by atoms with Crippen LogP contribution in [-0.2, 0) is 27.8 Å². The minimum atomic E-state index is -0.941. The van der Waals surface area contributed by atoms with Crippen molar-refractivity contribution in [1.29, 1.82) is 0 Å². The predicted octanol–water partition coefficient (Wildman–Crippen LogP) is 3.67. The number of nitrogens with one attached hydrogen (secondary N) is 1. The maximum Gasteiger partial charge on any atom is 0.312 e. The number of thiazole rings is 1. The summed E-state index contributed by atoms with van der Waals surface area (Å²) in [6.45, 7) is 7.69. The first-order valence-electron chi connectivity index (χ1n) is 9.97. The fourth-order valence-corrected chi connectivity index (χ4v) is 3.91. The molecule has 8 nitrogen and oxygen atoms in total. The van der Waals surface area contributed by atoms with Crippen molar-refractivity contribution in [1.82, 2.24) is 14.8 Å². The van der Waals surface area contributed by atoms with Gasteiger partial charge in [-0.2, -0.15) is 5.10 Å². The average molecular weight is 443 g/mol. The molecule has 0 fully saturated rings. The van der Waals surface area contributed by atoms with Crippen molar-refractivity contribution in [3.63, 3.8) is 0 Å². The molecule has 1 aromatic carbocycles. The van der Waals surface area contributed by atoms with Crippen molar-refractivity contribution in [2.75, 3.05) is 11.9 Å². The highest BCUT2D eigenvalue weighted by Gasteiger charge is 2.22. The van der Waals surface area contributed by atoms with Crippen LogP contribution >= 0.6 is 11.3 Å². The number of rotatable bonds is 8. The van der Waals surface area contributed by atoms with E-state index >= 15 is 0 Å². The second kappa shape index (κ2) is 9.74. The Hall–Kier alpha value is -3.20. The molecule has 2 aromatic heterocycles. The number of ether oxygens (including phenoxy) is 2. The van der Waals surface area contributed by atoms with Gasteiger partial charge in [0.2, 0.25) is 0 Å². The monoisotopic (exact) mass is 442 g/mol. The first-order chi connectivity index (χ1) is 14.8. The van der Waals surface area contributed by atoms with Gasteiger partial charge in [-0.15, -0.1) is 11.3 Å². The Morgan fingerprint density at radius 3 is 2.68 bits per heavy atom. The molecule has 0 bridgehead atoms. The zero-order chi connectivity index (χ0) is 22.5. The maximum atomic E-state index is 12.4. The number of para-hydroxylation sites is 1. The summed E-state index contributed by atoms with van der Waals surface area (Å²) in [6, 6.07) is 7.64. The van der Waals surface area contributed by atoms with Crippen LogP contribution in [-0.4, -0.2) is 39.4 Å². The molecule has 1 N–H and O–H groups in total. The minimum Gasteiger partial charge on any atom is -0.493 e. The first-order valence-corrected chi connectivity index (χ1v) is 10.8. The van der Waals surface area contributed by atoms with E-state index in [2.05, 4.69) is 15.4 Å². The fraction of sp³-hybridized carbons (Fsp3) is 0.364. The lowest BCUT2D eigenvalue weighted by Gasteiger charge is -2.13. The fourth-order valence-electron chi connectivity index (χ4n) is 3.06. The molecule has 0 saturated carbocycles. The van der Waals surface area contributed by atoms with Gasteiger partial charge in [0.1, 0.15) is 10.8 Å². The van der Waals surface area contributed by atoms with Crippen LogP contribution in [0.15, 0.2) is 29.6 Å². The van der Waals surface area contributed by atoms with Crippen LogP contribution in [0.3, 0.4) is 0 Å². The number of esters is 1. The van der Waals surface area contributed by atoms with Gasteiger partial charge in [-0.1, -0.05) is 12.1 Å². The van der Waals surface area contributed by atoms with Crippen LogP contribution in [0.5, 0.6) is 5.75 Å². The number of nitrogens with zero attached hydrogens (tertiary/aromatic N) is 3. The summed E-state index contributed by atoms with van der Waals surface area (Å²) in [5.74, 6) is -0.172. The topological polar surface area (TPSA) is 95.3 Å². The summed E-state index contributed by atoms with van der Waals surface area (Å²) in [7, 11) is 1.80. The van der Waals surface area contributed by atoms with Crippen LogP contribution in [0.1, 0.15) is 30.9 Å². The van der Waals surface area contributed by atoms with Gasteiger partial charge in [-0.05, 0) is 39.8 Å². The van der Waals surface area contributed by atoms with Gasteiger partial charge in [0.05, 0.1) is 41.4 Å². The Balaban J connectivity index is 1.60. The Bertz CT molecular complexity index is 1090. The lowest BCUT2D eigenvalue weighted by Crippen LogP contribution is -2.30. The molecule has 1 atom stereocenters. The van der Waals surface area contributed by atoms with Crippen molar-refractivity contribution in [2.45, 2.75) is 40.2 Å². The van der Waals surface area contributed by atoms with Gasteiger partial charge in [0.15, 0.2) is 6.10 Å². The smallest absolute Gasteiger partial charge is 0.312 e. The lowest BCUT2D eigenvalue weighted by atomic mass is 10.2. The molecular weight excluding hydrogens is 416 g/mol. The van der Waals surface area contributed by atoms with Crippen LogP contribution in [0, 0.1) is 13.8 Å². The van der Waals surface area contributed by atoms with Gasteiger partial charge >= 0.3 is 5.97 Å². The largest absolute Gasteiger partial charge is 0.493 e. The quantitative estimate of drug-likeness (QED) is 0.535. The van der Waals surface area contributed by atoms with Gasteiger partial charge in [-0.25, -0.2) is 4.98 Å². The molecule has 1 amide bonds. The SMILES string of the molecule is CCOc1ccccc1-c1nc(CC(=O)OC(C)C(=O)Nc2c(C)nn(C)c2C)cs1. The number of amides is 1. The van der Waals surface area contributed by atoms with E-state index in [4.69, 9.17) is 9.47 Å². The summed E-state index contributed by atoms with van der Waals surface area (Å²) >= 11 is 1.43. The molecule has 1 unspecified atom stereocenters. The van der Waals surface area contributed by atoms with Crippen LogP contribution in [0.2, 0.25) is 0 Å². The number of benzene rings is 1. The minimum absolute atomic E-state index is 0.0180. The standard InChI is InChI=1S/C22H26N4O4S/c1-6-29-18-10-8-7-9-17(18)22-23-16(12-31-22)11-19(27)30-15(4)21(28)24-20-13(2)25-26(5)14(20)3/h7-10,12,15H,6,11H2,1-5H3,(H,24,28). The van der Waals surface area contributed by atoms with Crippen molar-refractivity contribution in [2.24, 2.45) is 7.05 Å². The Morgan fingerprint density at radius 2 is 2.00 bits per heavy atom. The third-order valence-corrected chi connectivity index (χ3v) is 5.65. The number of aryl methyl sites for hydroxylation is 2. The molecule has 0 radical (unpaired) electrons. The second-order valence-corrected chi connectivity index (χ2v) is 7.90. The molecule has 0 saturated heterocycles. The number of carbonyl (C=O) groups is 2. The van der Waals surface area contributed by atoms with E-state index in [0.29, 0.717) is 23.7 Å². The van der Waals surface area contributed by atoms with E-state index in [1.807, 2.05) is 50.4 Å². The summed E-state index contributed by atoms with van der Waals surface area (Å²) in [5, 5.41) is 9.62. The molecule has 3 rings (SSSR count). The third kappa shape index (κ3) is 5.29. The van der Waals surface area contributed by atoms with Gasteiger partial charge in [0.25, 0.3) is 5.91 Å². The van der Waals surface area contributed by atoms with Crippen molar-refractivity contribution < 1.29 is 19.1 Å². The Labute approximate surface area is 185 Å². The highest BCUT2D eigenvalue weighted by molar-refractivity contribution is 7.13. The van der Waals surface area contributed by atoms with E-state index in [1.54, 1.807) is 18.7 Å². The highest BCUT2D eigenvalue weighted by Crippen LogP contribution is 2.32. The highest BCUT2D eigenvalue weighted by atomic mass is 32.1. The number of anilines is 1. The third-order valence-electron chi connectivity index (χ3n) is 4.73. The average Bonchev–Trinajstić information content (AvgIpc) is 3.28. The van der Waals surface area contributed by atoms with Crippen LogP contribution in [0.25, 0.3) is 10.6 Å². The molecule has 3 aromatic rings. The molecular formula is C22H26N4O4S. The van der Waals surface area contributed by atoms with Gasteiger partial charge in [-0.3, -0.25) is 14.3 Å². The Morgan fingerprint density at radius 1 is 1.26 bits per heavy atom. The molecule has 31 heavy (non-hydrogen) atoms. The van der Waals surface area contributed by atoms with E-state index in [1.165, 1.54) is 11.3 Å². The molecule has 164 valence electrons. The summed E-state index contributed by atoms with van der Waals surface area (Å²) in [4.78, 5) is 29.3. The lowest BCUT2D eigenvalue weighted by molar-refractivity contribution is -0.152. The zero-order valence-electron chi connectivity index (χ0n) is 18.3. The number of hydrogen-bond acceptors (Lipinski definition) is 7. The van der Waals surface area contributed by atoms with E-state index in [9.17, 15) is 9.59 Å². The molecule has 0 aliphatic carbocycles. The Kier molecular flexibility index (Phi) is 7.06. The van der Waals surface area contributed by atoms with Crippen molar-refractivity contribution >= 4 is 28.9 Å². The van der Waals surface area contributed by atoms with Crippen molar-refractivity contribution in [3.05, 3.63) is 46.7 Å². The predicted molar refractivity (Wildman–Crippen MR) is 119 cm³/mol. The van der Waals surface area contributed by atoms with E-state index < -0.39 is 18.0 Å². The molecule has 9 heteroatoms. The molecule has 0 spiro atoms. The first kappa shape index (κ1) is 22.5. The van der Waals surface area contributed by atoms with Gasteiger partial charge in [0, 0.05) is 12.4 Å². The molecule has 2 heterocycles. The van der Waals surface area contributed by atoms with E-state index in [-0.39, 0.29) is 6.42 Å². The number of hydrogen-bond donors (Lipinski definition) is 1. The maximum absolute atomic E-state index is 12.4. The van der Waals surface area contributed by atoms with Crippen LogP contribution in [0.4, 0.5) is 5.69 Å². The van der Waals surface area contributed by atoms with Crippen LogP contribution < -0.4 is 10.1 Å². The second-order valence-electron chi connectivity index (χ2n) is 7.04. The van der Waals surface area contributed by atoms with E-state index in [0.717, 1.165) is 22.0 Å². The normalized spacial score (nSPS) is 11.8. The zero-order valence-corrected chi connectivity index (χ0v) is 19.1. The number of aromatic nitrogens is 3. The summed E-state index contributed by atoms with van der Waals surface area (Å²) < 4.78 is 12.7. The van der Waals surface area contributed by atoms with Crippen molar-refractivity contribution in [3.8, 4) is 16.3 Å². The molecule has 0 aliphatic heterocycles. The van der Waals surface area contributed by atoms with Gasteiger partial charge < -0.3 is 14.8 Å². The summed E-state index contributed by atoms with van der Waals surface area (Å²) in [6.07, 6.45) is -0.959. The molecule has 0 aliphatic rings. The summed E-state index contributed by atoms with van der Waals surface area (Å²) in [5.41, 5.74) is 3.63.